The largest absolute Gasteiger partial charge is 0.416 e. The summed E-state index contributed by atoms with van der Waals surface area (Å²) in [6.45, 7) is 7.95. The summed E-state index contributed by atoms with van der Waals surface area (Å²) in [5.41, 5.74) is -3.54. The lowest BCUT2D eigenvalue weighted by molar-refractivity contribution is -0.143. The molecular weight excluding hydrogens is 597 g/mol. The molecule has 1 aromatic heterocycles. The Morgan fingerprint density at radius 3 is 1.93 bits per heavy atom. The number of anilines is 1. The highest BCUT2D eigenvalue weighted by Gasteiger charge is 2.38. The maximum absolute atomic E-state index is 13.3. The Kier molecular flexibility index (Phi) is 9.10. The Labute approximate surface area is 242 Å². The van der Waals surface area contributed by atoms with Gasteiger partial charge >= 0.3 is 12.4 Å². The van der Waals surface area contributed by atoms with Gasteiger partial charge in [-0.1, -0.05) is 44.0 Å². The summed E-state index contributed by atoms with van der Waals surface area (Å²) in [4.78, 5) is 27.2. The van der Waals surface area contributed by atoms with E-state index in [1.54, 1.807) is 12.1 Å². The van der Waals surface area contributed by atoms with Gasteiger partial charge in [-0.25, -0.2) is 4.68 Å². The molecule has 41 heavy (non-hydrogen) atoms. The summed E-state index contributed by atoms with van der Waals surface area (Å²) < 4.78 is 81.4. The molecule has 0 aliphatic heterocycles. The van der Waals surface area contributed by atoms with Crippen LogP contribution < -0.4 is 5.32 Å². The van der Waals surface area contributed by atoms with Crippen molar-refractivity contribution in [1.29, 1.82) is 0 Å². The zero-order chi connectivity index (χ0) is 31.1. The third-order valence-corrected chi connectivity index (χ3v) is 6.66. The van der Waals surface area contributed by atoms with Crippen LogP contribution >= 0.6 is 23.2 Å². The Bertz CT molecular complexity index is 1430. The van der Waals surface area contributed by atoms with Crippen molar-refractivity contribution in [2.45, 2.75) is 58.4 Å². The molecule has 0 saturated carbocycles. The van der Waals surface area contributed by atoms with Crippen molar-refractivity contribution >= 4 is 40.8 Å². The number of aromatic nitrogens is 2. The summed E-state index contributed by atoms with van der Waals surface area (Å²) >= 11 is 12.2. The number of nitrogens with zero attached hydrogens (tertiary/aromatic N) is 3. The normalized spacial score (nSPS) is 12.5. The highest BCUT2D eigenvalue weighted by Crippen LogP contribution is 2.37. The van der Waals surface area contributed by atoms with Gasteiger partial charge in [-0.15, -0.1) is 0 Å². The first kappa shape index (κ1) is 32.3. The van der Waals surface area contributed by atoms with Gasteiger partial charge in [0.1, 0.15) is 12.4 Å². The van der Waals surface area contributed by atoms with E-state index in [0.29, 0.717) is 28.5 Å². The average Bonchev–Trinajstić information content (AvgIpc) is 3.26. The van der Waals surface area contributed by atoms with Gasteiger partial charge in [0.05, 0.1) is 32.6 Å². The Hall–Kier alpha value is -3.25. The molecule has 0 atom stereocenters. The minimum atomic E-state index is -5.13. The van der Waals surface area contributed by atoms with E-state index in [-0.39, 0.29) is 16.9 Å². The molecule has 2 aromatic carbocycles. The first-order valence-corrected chi connectivity index (χ1v) is 12.9. The Balaban J connectivity index is 1.96. The van der Waals surface area contributed by atoms with Gasteiger partial charge in [-0.3, -0.25) is 9.59 Å². The molecule has 0 bridgehead atoms. The van der Waals surface area contributed by atoms with E-state index in [1.807, 2.05) is 20.8 Å². The van der Waals surface area contributed by atoms with Crippen molar-refractivity contribution in [3.8, 4) is 5.69 Å². The lowest BCUT2D eigenvalue weighted by atomic mass is 9.92. The van der Waals surface area contributed by atoms with Gasteiger partial charge in [0.15, 0.2) is 0 Å². The van der Waals surface area contributed by atoms with Crippen molar-refractivity contribution in [2.24, 2.45) is 0 Å². The van der Waals surface area contributed by atoms with Crippen molar-refractivity contribution < 1.29 is 35.9 Å². The summed E-state index contributed by atoms with van der Waals surface area (Å²) in [5.74, 6) is -1.76. The van der Waals surface area contributed by atoms with Crippen LogP contribution in [0.1, 0.15) is 61.8 Å². The smallest absolute Gasteiger partial charge is 0.327 e. The van der Waals surface area contributed by atoms with E-state index in [2.05, 4.69) is 10.4 Å². The number of carbonyl (C=O) groups excluding carboxylic acids is 2. The van der Waals surface area contributed by atoms with Crippen LogP contribution in [-0.4, -0.2) is 39.1 Å². The van der Waals surface area contributed by atoms with Gasteiger partial charge in [0.2, 0.25) is 5.91 Å². The van der Waals surface area contributed by atoms with Crippen LogP contribution in [0.5, 0.6) is 0 Å². The molecule has 14 heteroatoms. The molecule has 0 radical (unpaired) electrons. The lowest BCUT2D eigenvalue weighted by Crippen LogP contribution is -2.42. The molecule has 222 valence electrons. The number of nitrogens with one attached hydrogen (secondary N) is 1. The fraction of sp³-hybridized carbons (Fsp3) is 0.370. The van der Waals surface area contributed by atoms with Crippen LogP contribution in [0.4, 0.5) is 32.2 Å². The fourth-order valence-electron chi connectivity index (χ4n) is 3.72. The standard InChI is InChI=1S/C27H26Cl2F6N4O2/c1-14(2)38(24(41)15-8-16(26(30,31)32)10-17(9-15)27(33,34)35)13-23(40)36-22-12-21(25(3,4)5)37-39(22)18-6-7-19(28)20(29)11-18/h6-12,14H,13H2,1-5H3,(H,36,40). The minimum absolute atomic E-state index is 0.0693. The highest BCUT2D eigenvalue weighted by atomic mass is 35.5. The highest BCUT2D eigenvalue weighted by molar-refractivity contribution is 6.42. The maximum Gasteiger partial charge on any atom is 0.416 e. The third kappa shape index (κ3) is 7.73. The second-order valence-electron chi connectivity index (χ2n) is 10.5. The molecule has 1 N–H and O–H groups in total. The monoisotopic (exact) mass is 622 g/mol. The van der Waals surface area contributed by atoms with Gasteiger partial charge in [-0.05, 0) is 50.2 Å². The predicted molar refractivity (Wildman–Crippen MR) is 144 cm³/mol. The number of alkyl halides is 6. The predicted octanol–water partition coefficient (Wildman–Crippen LogP) is 8.00. The molecule has 3 aromatic rings. The fourth-order valence-corrected chi connectivity index (χ4v) is 4.01. The summed E-state index contributed by atoms with van der Waals surface area (Å²) in [5, 5.41) is 7.69. The molecule has 3 rings (SSSR count). The molecule has 1 heterocycles. The maximum atomic E-state index is 13.3. The zero-order valence-corrected chi connectivity index (χ0v) is 24.0. The van der Waals surface area contributed by atoms with Crippen molar-refractivity contribution in [2.75, 3.05) is 11.9 Å². The summed E-state index contributed by atoms with van der Waals surface area (Å²) in [6.07, 6.45) is -10.3. The van der Waals surface area contributed by atoms with Crippen molar-refractivity contribution in [3.05, 3.63) is 74.9 Å². The second kappa shape index (κ2) is 11.6. The second-order valence-corrected chi connectivity index (χ2v) is 11.4. The number of amides is 2. The number of benzene rings is 2. The van der Waals surface area contributed by atoms with Crippen molar-refractivity contribution in [3.63, 3.8) is 0 Å². The molecule has 6 nitrogen and oxygen atoms in total. The average molecular weight is 623 g/mol. The Morgan fingerprint density at radius 1 is 0.902 bits per heavy atom. The molecule has 0 aliphatic carbocycles. The molecule has 0 fully saturated rings. The van der Waals surface area contributed by atoms with E-state index in [1.165, 1.54) is 30.7 Å². The summed E-state index contributed by atoms with van der Waals surface area (Å²) in [6, 6.07) is 6.10. The first-order valence-electron chi connectivity index (χ1n) is 12.1. The van der Waals surface area contributed by atoms with E-state index < -0.39 is 58.9 Å². The SMILES string of the molecule is CC(C)N(CC(=O)Nc1cc(C(C)(C)C)nn1-c1ccc(Cl)c(Cl)c1)C(=O)c1cc(C(F)(F)F)cc(C(F)(F)F)c1. The van der Waals surface area contributed by atoms with Crippen LogP contribution in [-0.2, 0) is 22.6 Å². The molecule has 2 amide bonds. The van der Waals surface area contributed by atoms with Gasteiger partial charge in [0.25, 0.3) is 5.91 Å². The van der Waals surface area contributed by atoms with E-state index in [0.717, 1.165) is 4.90 Å². The molecule has 0 spiro atoms. The third-order valence-electron chi connectivity index (χ3n) is 5.93. The van der Waals surface area contributed by atoms with Crippen LogP contribution in [0, 0.1) is 0 Å². The topological polar surface area (TPSA) is 67.2 Å². The van der Waals surface area contributed by atoms with Crippen LogP contribution in [0.3, 0.4) is 0 Å². The summed E-state index contributed by atoms with van der Waals surface area (Å²) in [7, 11) is 0. The molecule has 0 unspecified atom stereocenters. The Morgan fingerprint density at radius 2 is 1.46 bits per heavy atom. The van der Waals surface area contributed by atoms with Gasteiger partial charge < -0.3 is 10.2 Å². The first-order chi connectivity index (χ1) is 18.7. The van der Waals surface area contributed by atoms with Crippen LogP contribution in [0.2, 0.25) is 10.0 Å². The number of hydrogen-bond acceptors (Lipinski definition) is 3. The minimum Gasteiger partial charge on any atom is -0.327 e. The lowest BCUT2D eigenvalue weighted by Gasteiger charge is -2.27. The van der Waals surface area contributed by atoms with Crippen molar-refractivity contribution in [1.82, 2.24) is 14.7 Å². The molecule has 0 saturated heterocycles. The number of rotatable bonds is 6. The van der Waals surface area contributed by atoms with E-state index in [9.17, 15) is 35.9 Å². The zero-order valence-electron chi connectivity index (χ0n) is 22.5. The molecule has 0 aliphatic rings. The van der Waals surface area contributed by atoms with E-state index >= 15 is 0 Å². The number of halogens is 8. The van der Waals surface area contributed by atoms with Crippen LogP contribution in [0.25, 0.3) is 5.69 Å². The van der Waals surface area contributed by atoms with Gasteiger partial charge in [0, 0.05) is 23.1 Å². The van der Waals surface area contributed by atoms with Gasteiger partial charge in [-0.2, -0.15) is 31.4 Å². The molecular formula is C27H26Cl2F6N4O2. The quantitative estimate of drug-likeness (QED) is 0.283. The number of hydrogen-bond donors (Lipinski definition) is 1. The van der Waals surface area contributed by atoms with Crippen LogP contribution in [0.15, 0.2) is 42.5 Å². The number of carbonyl (C=O) groups is 2. The van der Waals surface area contributed by atoms with E-state index in [4.69, 9.17) is 23.2 Å².